The lowest BCUT2D eigenvalue weighted by Gasteiger charge is -2.34. The van der Waals surface area contributed by atoms with Gasteiger partial charge in [0.1, 0.15) is 0 Å². The smallest absolute Gasteiger partial charge is 0.239 e. The molecule has 0 aromatic rings. The summed E-state index contributed by atoms with van der Waals surface area (Å²) in [7, 11) is 0. The molecule has 1 N–H and O–H groups in total. The lowest BCUT2D eigenvalue weighted by atomic mass is 10.2. The fraction of sp³-hybridized carbons (Fsp3) is 0.875. The molecule has 1 unspecified atom stereocenters. The molecule has 3 heteroatoms. The molecule has 0 saturated carbocycles. The molecule has 0 radical (unpaired) electrons. The largest absolute Gasteiger partial charge is 0.338 e. The average molecular weight is 156 g/mol. The molecular weight excluding hydrogens is 140 g/mol. The van der Waals surface area contributed by atoms with Gasteiger partial charge in [-0.1, -0.05) is 0 Å². The van der Waals surface area contributed by atoms with E-state index in [4.69, 9.17) is 0 Å². The second-order valence-electron chi connectivity index (χ2n) is 3.30. The molecule has 1 rings (SSSR count). The highest BCUT2D eigenvalue weighted by Crippen LogP contribution is 2.04. The van der Waals surface area contributed by atoms with Crippen LogP contribution in [0.3, 0.4) is 0 Å². The van der Waals surface area contributed by atoms with Crippen LogP contribution in [-0.2, 0) is 4.79 Å². The zero-order valence-electron chi connectivity index (χ0n) is 7.42. The van der Waals surface area contributed by atoms with E-state index in [9.17, 15) is 4.79 Å². The predicted octanol–water partition coefficient (Wildman–Crippen LogP) is 0.215. The summed E-state index contributed by atoms with van der Waals surface area (Å²) < 4.78 is 0. The highest BCUT2D eigenvalue weighted by molar-refractivity contribution is 5.82. The maximum Gasteiger partial charge on any atom is 0.239 e. The Labute approximate surface area is 67.8 Å². The molecule has 1 aliphatic rings. The summed E-state index contributed by atoms with van der Waals surface area (Å²) in [6.07, 6.45) is 0. The van der Waals surface area contributed by atoms with Crippen LogP contribution in [0, 0.1) is 0 Å². The van der Waals surface area contributed by atoms with Gasteiger partial charge in [-0.25, -0.2) is 0 Å². The van der Waals surface area contributed by atoms with Crippen LogP contribution in [0.4, 0.5) is 0 Å². The van der Waals surface area contributed by atoms with E-state index in [0.29, 0.717) is 6.04 Å². The Kier molecular flexibility index (Phi) is 2.49. The first-order chi connectivity index (χ1) is 5.13. The van der Waals surface area contributed by atoms with Gasteiger partial charge in [0.05, 0.1) is 6.04 Å². The third-order valence-corrected chi connectivity index (χ3v) is 2.08. The maximum atomic E-state index is 11.4. The van der Waals surface area contributed by atoms with Gasteiger partial charge in [0.25, 0.3) is 0 Å². The fourth-order valence-electron chi connectivity index (χ4n) is 1.36. The first-order valence-electron chi connectivity index (χ1n) is 4.17. The Morgan fingerprint density at radius 2 is 2.27 bits per heavy atom. The number of nitrogens with zero attached hydrogens (tertiary/aromatic N) is 1. The van der Waals surface area contributed by atoms with Gasteiger partial charge in [-0.2, -0.15) is 0 Å². The van der Waals surface area contributed by atoms with E-state index >= 15 is 0 Å². The third-order valence-electron chi connectivity index (χ3n) is 2.08. The SMILES string of the molecule is CC1NCCN(C(C)C)C1=O. The number of rotatable bonds is 1. The molecule has 1 saturated heterocycles. The van der Waals surface area contributed by atoms with Crippen molar-refractivity contribution in [1.82, 2.24) is 10.2 Å². The lowest BCUT2D eigenvalue weighted by molar-refractivity contribution is -0.136. The Hall–Kier alpha value is -0.570. The molecule has 0 bridgehead atoms. The minimum Gasteiger partial charge on any atom is -0.338 e. The molecule has 1 heterocycles. The molecular formula is C8H16N2O. The lowest BCUT2D eigenvalue weighted by Crippen LogP contribution is -2.55. The quantitative estimate of drug-likeness (QED) is 0.589. The number of nitrogens with one attached hydrogen (secondary N) is 1. The van der Waals surface area contributed by atoms with Gasteiger partial charge in [-0.3, -0.25) is 4.79 Å². The second kappa shape index (κ2) is 3.22. The summed E-state index contributed by atoms with van der Waals surface area (Å²) in [6.45, 7) is 7.79. The Morgan fingerprint density at radius 1 is 1.64 bits per heavy atom. The van der Waals surface area contributed by atoms with E-state index in [1.807, 2.05) is 11.8 Å². The van der Waals surface area contributed by atoms with Gasteiger partial charge >= 0.3 is 0 Å². The molecule has 0 aromatic carbocycles. The summed E-state index contributed by atoms with van der Waals surface area (Å²) in [5.41, 5.74) is 0. The summed E-state index contributed by atoms with van der Waals surface area (Å²) >= 11 is 0. The van der Waals surface area contributed by atoms with Crippen molar-refractivity contribution in [3.8, 4) is 0 Å². The molecule has 1 aliphatic heterocycles. The minimum atomic E-state index is 0.00569. The monoisotopic (exact) mass is 156 g/mol. The van der Waals surface area contributed by atoms with Crippen molar-refractivity contribution < 1.29 is 4.79 Å². The van der Waals surface area contributed by atoms with Crippen LogP contribution in [0.15, 0.2) is 0 Å². The summed E-state index contributed by atoms with van der Waals surface area (Å²) in [6, 6.07) is 0.346. The van der Waals surface area contributed by atoms with Gasteiger partial charge in [0.2, 0.25) is 5.91 Å². The fourth-order valence-corrected chi connectivity index (χ4v) is 1.36. The number of hydrogen-bond acceptors (Lipinski definition) is 2. The van der Waals surface area contributed by atoms with E-state index < -0.39 is 0 Å². The number of carbonyl (C=O) groups is 1. The number of carbonyl (C=O) groups excluding carboxylic acids is 1. The molecule has 1 atom stereocenters. The Bertz CT molecular complexity index is 156. The van der Waals surface area contributed by atoms with Crippen LogP contribution < -0.4 is 5.32 Å². The zero-order chi connectivity index (χ0) is 8.43. The zero-order valence-corrected chi connectivity index (χ0v) is 7.42. The van der Waals surface area contributed by atoms with E-state index in [1.54, 1.807) is 0 Å². The maximum absolute atomic E-state index is 11.4. The van der Waals surface area contributed by atoms with Crippen molar-refractivity contribution >= 4 is 5.91 Å². The molecule has 0 aromatic heterocycles. The first kappa shape index (κ1) is 8.53. The normalized spacial score (nSPS) is 26.4. The van der Waals surface area contributed by atoms with Gasteiger partial charge in [0.15, 0.2) is 0 Å². The molecule has 1 amide bonds. The Morgan fingerprint density at radius 3 is 2.73 bits per heavy atom. The standard InChI is InChI=1S/C8H16N2O/c1-6(2)10-5-4-9-7(3)8(10)11/h6-7,9H,4-5H2,1-3H3. The van der Waals surface area contributed by atoms with Gasteiger partial charge in [-0.15, -0.1) is 0 Å². The van der Waals surface area contributed by atoms with Crippen molar-refractivity contribution in [2.24, 2.45) is 0 Å². The van der Waals surface area contributed by atoms with Gasteiger partial charge < -0.3 is 10.2 Å². The van der Waals surface area contributed by atoms with Crippen molar-refractivity contribution in [2.45, 2.75) is 32.9 Å². The van der Waals surface area contributed by atoms with Crippen molar-refractivity contribution in [2.75, 3.05) is 13.1 Å². The average Bonchev–Trinajstić information content (AvgIpc) is 1.94. The van der Waals surface area contributed by atoms with Crippen molar-refractivity contribution in [3.05, 3.63) is 0 Å². The van der Waals surface area contributed by atoms with E-state index in [-0.39, 0.29) is 11.9 Å². The molecule has 3 nitrogen and oxygen atoms in total. The highest BCUT2D eigenvalue weighted by Gasteiger charge is 2.25. The van der Waals surface area contributed by atoms with Gasteiger partial charge in [-0.05, 0) is 20.8 Å². The van der Waals surface area contributed by atoms with Crippen molar-refractivity contribution in [1.29, 1.82) is 0 Å². The van der Waals surface area contributed by atoms with E-state index in [1.165, 1.54) is 0 Å². The summed E-state index contributed by atoms with van der Waals surface area (Å²) in [5, 5.41) is 3.13. The summed E-state index contributed by atoms with van der Waals surface area (Å²) in [4.78, 5) is 13.3. The van der Waals surface area contributed by atoms with E-state index in [0.717, 1.165) is 13.1 Å². The molecule has 0 aliphatic carbocycles. The number of hydrogen-bond donors (Lipinski definition) is 1. The summed E-state index contributed by atoms with van der Waals surface area (Å²) in [5.74, 6) is 0.228. The van der Waals surface area contributed by atoms with E-state index in [2.05, 4.69) is 19.2 Å². The number of piperazine rings is 1. The minimum absolute atomic E-state index is 0.00569. The molecule has 64 valence electrons. The van der Waals surface area contributed by atoms with Crippen LogP contribution in [0.5, 0.6) is 0 Å². The molecule has 1 fully saturated rings. The Balaban J connectivity index is 2.58. The van der Waals surface area contributed by atoms with Crippen LogP contribution in [0.1, 0.15) is 20.8 Å². The number of amides is 1. The van der Waals surface area contributed by atoms with Crippen LogP contribution in [0.2, 0.25) is 0 Å². The van der Waals surface area contributed by atoms with Crippen molar-refractivity contribution in [3.63, 3.8) is 0 Å². The molecule has 0 spiro atoms. The van der Waals surface area contributed by atoms with Crippen LogP contribution in [0.25, 0.3) is 0 Å². The second-order valence-corrected chi connectivity index (χ2v) is 3.30. The molecule has 11 heavy (non-hydrogen) atoms. The first-order valence-corrected chi connectivity index (χ1v) is 4.17. The van der Waals surface area contributed by atoms with Gasteiger partial charge in [0, 0.05) is 19.1 Å². The predicted molar refractivity (Wildman–Crippen MR) is 44.3 cm³/mol. The van der Waals surface area contributed by atoms with Crippen LogP contribution in [-0.4, -0.2) is 36.0 Å². The van der Waals surface area contributed by atoms with Crippen LogP contribution >= 0.6 is 0 Å². The third kappa shape index (κ3) is 1.71. The highest BCUT2D eigenvalue weighted by atomic mass is 16.2. The topological polar surface area (TPSA) is 32.3 Å².